The molecule has 5 heterocycles. The third-order valence-corrected chi connectivity index (χ3v) is 7.77. The standard InChI is InChI=1S/C22H18ClN7OS/c23-16-10-30-14(3-4-27-30)6-17(16)28-20-19-15-2-1-13(22(31)29-8-12(7-24)9-29)5-18(15)32-21(19)26-11-25-20/h3-4,6,10-13H,1-2,5,8-9H2,(H,25,26,28). The molecule has 8 nitrogen and oxygen atoms in total. The smallest absolute Gasteiger partial charge is 0.226 e. The Morgan fingerprint density at radius 3 is 3.06 bits per heavy atom. The highest BCUT2D eigenvalue weighted by Gasteiger charge is 2.37. The van der Waals surface area contributed by atoms with Crippen molar-refractivity contribution in [1.82, 2.24) is 24.5 Å². The molecule has 10 heteroatoms. The molecule has 0 aromatic carbocycles. The number of aryl methyl sites for hydroxylation is 1. The van der Waals surface area contributed by atoms with Gasteiger partial charge in [-0.3, -0.25) is 4.79 Å². The van der Waals surface area contributed by atoms with Gasteiger partial charge in [0.2, 0.25) is 5.91 Å². The number of fused-ring (bicyclic) bond motifs is 4. The van der Waals surface area contributed by atoms with Gasteiger partial charge in [-0.15, -0.1) is 11.3 Å². The minimum Gasteiger partial charge on any atom is -0.340 e. The van der Waals surface area contributed by atoms with Gasteiger partial charge in [0.15, 0.2) is 0 Å². The summed E-state index contributed by atoms with van der Waals surface area (Å²) in [4.78, 5) is 25.8. The van der Waals surface area contributed by atoms with E-state index in [4.69, 9.17) is 16.9 Å². The number of amides is 1. The number of halogens is 1. The molecule has 4 aromatic rings. The Hall–Kier alpha value is -3.22. The van der Waals surface area contributed by atoms with Crippen LogP contribution >= 0.6 is 22.9 Å². The molecule has 1 fully saturated rings. The number of pyridine rings is 1. The van der Waals surface area contributed by atoms with Crippen LogP contribution in [-0.2, 0) is 17.6 Å². The van der Waals surface area contributed by atoms with Gasteiger partial charge in [0.25, 0.3) is 0 Å². The number of carbonyl (C=O) groups is 1. The first kappa shape index (κ1) is 19.5. The van der Waals surface area contributed by atoms with Crippen molar-refractivity contribution in [2.45, 2.75) is 19.3 Å². The number of hydrogen-bond donors (Lipinski definition) is 1. The van der Waals surface area contributed by atoms with E-state index < -0.39 is 0 Å². The van der Waals surface area contributed by atoms with Crippen LogP contribution in [0.2, 0.25) is 5.02 Å². The first-order valence-electron chi connectivity index (χ1n) is 10.4. The molecule has 1 N–H and O–H groups in total. The molecular weight excluding hydrogens is 446 g/mol. The summed E-state index contributed by atoms with van der Waals surface area (Å²) >= 11 is 8.11. The molecule has 4 aromatic heterocycles. The Morgan fingerprint density at radius 2 is 2.22 bits per heavy atom. The number of carbonyl (C=O) groups excluding carboxylic acids is 1. The van der Waals surface area contributed by atoms with E-state index in [0.29, 0.717) is 24.5 Å². The molecule has 0 saturated carbocycles. The largest absolute Gasteiger partial charge is 0.340 e. The maximum Gasteiger partial charge on any atom is 0.226 e. The summed E-state index contributed by atoms with van der Waals surface area (Å²) in [6.45, 7) is 1.12. The third kappa shape index (κ3) is 3.10. The second kappa shape index (κ2) is 7.43. The van der Waals surface area contributed by atoms with Crippen LogP contribution in [0.1, 0.15) is 16.9 Å². The van der Waals surface area contributed by atoms with Crippen LogP contribution in [0.25, 0.3) is 15.7 Å². The molecule has 1 atom stereocenters. The fourth-order valence-corrected chi connectivity index (χ4v) is 6.04. The Bertz CT molecular complexity index is 1420. The van der Waals surface area contributed by atoms with Crippen molar-refractivity contribution in [3.05, 3.63) is 46.3 Å². The van der Waals surface area contributed by atoms with Gasteiger partial charge < -0.3 is 10.2 Å². The minimum atomic E-state index is -0.0294. The Kier molecular flexibility index (Phi) is 4.52. The first-order chi connectivity index (χ1) is 15.6. The van der Waals surface area contributed by atoms with Gasteiger partial charge in [-0.25, -0.2) is 14.5 Å². The number of likely N-dealkylation sites (tertiary alicyclic amines) is 1. The number of nitrogens with one attached hydrogen (secondary N) is 1. The monoisotopic (exact) mass is 463 g/mol. The highest BCUT2D eigenvalue weighted by molar-refractivity contribution is 7.19. The number of aromatic nitrogens is 4. The van der Waals surface area contributed by atoms with Gasteiger partial charge in [0.1, 0.15) is 17.0 Å². The summed E-state index contributed by atoms with van der Waals surface area (Å²) in [7, 11) is 0. The Morgan fingerprint density at radius 1 is 1.34 bits per heavy atom. The van der Waals surface area contributed by atoms with Crippen molar-refractivity contribution >= 4 is 56.1 Å². The summed E-state index contributed by atoms with van der Waals surface area (Å²) in [5, 5.41) is 18.1. The molecule has 6 rings (SSSR count). The SMILES string of the molecule is N#CC1CN(C(=O)C2CCc3c(sc4ncnc(Nc5cc6ccnn6cc5Cl)c34)C2)C1. The first-order valence-corrected chi connectivity index (χ1v) is 11.6. The molecule has 1 aliphatic carbocycles. The van der Waals surface area contributed by atoms with Gasteiger partial charge in [-0.05, 0) is 37.0 Å². The minimum absolute atomic E-state index is 0.0139. The number of anilines is 2. The van der Waals surface area contributed by atoms with Gasteiger partial charge in [0, 0.05) is 36.3 Å². The van der Waals surface area contributed by atoms with Crippen molar-refractivity contribution in [3.63, 3.8) is 0 Å². The van der Waals surface area contributed by atoms with Gasteiger partial charge in [0.05, 0.1) is 33.6 Å². The lowest BCUT2D eigenvalue weighted by Gasteiger charge is -2.38. The van der Waals surface area contributed by atoms with Crippen molar-refractivity contribution in [1.29, 1.82) is 5.26 Å². The van der Waals surface area contributed by atoms with Crippen LogP contribution < -0.4 is 5.32 Å². The van der Waals surface area contributed by atoms with Crippen LogP contribution in [-0.4, -0.2) is 43.5 Å². The number of thiophene rings is 1. The fourth-order valence-electron chi connectivity index (χ4n) is 4.58. The maximum atomic E-state index is 12.9. The fraction of sp³-hybridized carbons (Fsp3) is 0.318. The number of nitriles is 1. The molecule has 1 unspecified atom stereocenters. The van der Waals surface area contributed by atoms with Gasteiger partial charge >= 0.3 is 0 Å². The predicted molar refractivity (Wildman–Crippen MR) is 122 cm³/mol. The van der Waals surface area contributed by atoms with E-state index in [9.17, 15) is 4.79 Å². The molecule has 160 valence electrons. The number of rotatable bonds is 3. The molecule has 0 bridgehead atoms. The van der Waals surface area contributed by atoms with E-state index in [1.807, 2.05) is 17.0 Å². The normalized spacial score (nSPS) is 18.4. The van der Waals surface area contributed by atoms with Gasteiger partial charge in [-0.1, -0.05) is 11.6 Å². The lowest BCUT2D eigenvalue weighted by atomic mass is 9.85. The quantitative estimate of drug-likeness (QED) is 0.495. The van der Waals surface area contributed by atoms with Crippen molar-refractivity contribution < 1.29 is 4.79 Å². The van der Waals surface area contributed by atoms with Crippen LogP contribution in [0.3, 0.4) is 0 Å². The molecule has 2 aliphatic rings. The highest BCUT2D eigenvalue weighted by atomic mass is 35.5. The van der Waals surface area contributed by atoms with Crippen molar-refractivity contribution in [2.75, 3.05) is 18.4 Å². The van der Waals surface area contributed by atoms with E-state index in [1.165, 1.54) is 10.4 Å². The molecule has 1 amide bonds. The number of hydrogen-bond acceptors (Lipinski definition) is 7. The van der Waals surface area contributed by atoms with Gasteiger partial charge in [-0.2, -0.15) is 10.4 Å². The number of nitrogens with zero attached hydrogens (tertiary/aromatic N) is 6. The molecule has 0 spiro atoms. The molecular formula is C22H18ClN7OS. The summed E-state index contributed by atoms with van der Waals surface area (Å²) in [5.74, 6) is 0.853. The van der Waals surface area contributed by atoms with Crippen LogP contribution in [0.5, 0.6) is 0 Å². The van der Waals surface area contributed by atoms with Crippen LogP contribution in [0, 0.1) is 23.2 Å². The molecule has 32 heavy (non-hydrogen) atoms. The summed E-state index contributed by atoms with van der Waals surface area (Å²) in [6.07, 6.45) is 7.37. The van der Waals surface area contributed by atoms with Crippen molar-refractivity contribution in [2.24, 2.45) is 11.8 Å². The predicted octanol–water partition coefficient (Wildman–Crippen LogP) is 3.82. The van der Waals surface area contributed by atoms with E-state index in [2.05, 4.69) is 26.5 Å². The van der Waals surface area contributed by atoms with E-state index in [-0.39, 0.29) is 17.7 Å². The zero-order chi connectivity index (χ0) is 21.8. The average molecular weight is 464 g/mol. The second-order valence-corrected chi connectivity index (χ2v) is 9.77. The molecule has 1 aliphatic heterocycles. The van der Waals surface area contributed by atoms with E-state index in [1.54, 1.807) is 34.6 Å². The van der Waals surface area contributed by atoms with Crippen molar-refractivity contribution in [3.8, 4) is 6.07 Å². The maximum absolute atomic E-state index is 12.9. The lowest BCUT2D eigenvalue weighted by Crippen LogP contribution is -2.52. The topological polar surface area (TPSA) is 99.2 Å². The second-order valence-electron chi connectivity index (χ2n) is 8.28. The average Bonchev–Trinajstić information content (AvgIpc) is 3.36. The van der Waals surface area contributed by atoms with E-state index in [0.717, 1.165) is 40.1 Å². The zero-order valence-corrected chi connectivity index (χ0v) is 18.5. The third-order valence-electron chi connectivity index (χ3n) is 6.31. The Labute approximate surface area is 192 Å². The molecule has 0 radical (unpaired) electrons. The summed E-state index contributed by atoms with van der Waals surface area (Å²) < 4.78 is 1.73. The molecule has 1 saturated heterocycles. The van der Waals surface area contributed by atoms with E-state index >= 15 is 0 Å². The van der Waals surface area contributed by atoms with Crippen LogP contribution in [0.15, 0.2) is 30.9 Å². The van der Waals surface area contributed by atoms with Crippen LogP contribution in [0.4, 0.5) is 11.5 Å². The Balaban J connectivity index is 1.30. The zero-order valence-electron chi connectivity index (χ0n) is 17.0. The summed E-state index contributed by atoms with van der Waals surface area (Å²) in [5.41, 5.74) is 2.91. The lowest BCUT2D eigenvalue weighted by molar-refractivity contribution is -0.141. The summed E-state index contributed by atoms with van der Waals surface area (Å²) in [6, 6.07) is 6.09. The highest BCUT2D eigenvalue weighted by Crippen LogP contribution is 2.41.